The summed E-state index contributed by atoms with van der Waals surface area (Å²) in [4.78, 5) is 24.2. The summed E-state index contributed by atoms with van der Waals surface area (Å²) in [7, 11) is 1.65. The lowest BCUT2D eigenvalue weighted by Crippen LogP contribution is -2.38. The number of hydrogen-bond acceptors (Lipinski definition) is 4. The third-order valence-corrected chi connectivity index (χ3v) is 5.98. The van der Waals surface area contributed by atoms with Gasteiger partial charge in [0.2, 0.25) is 0 Å². The Morgan fingerprint density at radius 3 is 2.77 bits per heavy atom. The molecule has 1 atom stereocenters. The quantitative estimate of drug-likeness (QED) is 0.487. The number of amides is 1. The Hall–Kier alpha value is -3.67. The van der Waals surface area contributed by atoms with Gasteiger partial charge < -0.3 is 14.2 Å². The van der Waals surface area contributed by atoms with E-state index in [1.807, 2.05) is 59.8 Å². The van der Waals surface area contributed by atoms with Crippen molar-refractivity contribution in [2.75, 3.05) is 13.7 Å². The zero-order chi connectivity index (χ0) is 21.2. The smallest absolute Gasteiger partial charge is 0.255 e. The van der Waals surface area contributed by atoms with E-state index in [1.54, 1.807) is 19.5 Å². The van der Waals surface area contributed by atoms with Crippen LogP contribution < -0.4 is 4.74 Å². The second kappa shape index (κ2) is 8.22. The second-order valence-electron chi connectivity index (χ2n) is 7.87. The van der Waals surface area contributed by atoms with Gasteiger partial charge >= 0.3 is 0 Å². The summed E-state index contributed by atoms with van der Waals surface area (Å²) in [5.41, 5.74) is 4.63. The molecule has 0 saturated carbocycles. The van der Waals surface area contributed by atoms with Crippen LogP contribution in [0.3, 0.4) is 0 Å². The number of rotatable bonds is 5. The predicted molar refractivity (Wildman–Crippen MR) is 120 cm³/mol. The summed E-state index contributed by atoms with van der Waals surface area (Å²) in [6.45, 7) is 1.51. The van der Waals surface area contributed by atoms with Crippen LogP contribution >= 0.6 is 0 Å². The van der Waals surface area contributed by atoms with E-state index in [0.717, 1.165) is 53.8 Å². The highest BCUT2D eigenvalue weighted by molar-refractivity contribution is 5.95. The number of pyridine rings is 1. The van der Waals surface area contributed by atoms with Crippen LogP contribution in [0, 0.1) is 0 Å². The number of ether oxygens (including phenoxy) is 1. The van der Waals surface area contributed by atoms with Crippen LogP contribution in [0.1, 0.15) is 23.2 Å². The molecule has 0 N–H and O–H groups in total. The molecule has 1 saturated heterocycles. The van der Waals surface area contributed by atoms with E-state index in [2.05, 4.69) is 20.6 Å². The Kier molecular flexibility index (Phi) is 5.12. The number of likely N-dealkylation sites (tertiary alicyclic amines) is 1. The summed E-state index contributed by atoms with van der Waals surface area (Å²) in [6.07, 6.45) is 7.32. The van der Waals surface area contributed by atoms with Gasteiger partial charge in [-0.3, -0.25) is 9.78 Å². The van der Waals surface area contributed by atoms with Gasteiger partial charge in [-0.1, -0.05) is 24.3 Å². The fourth-order valence-electron chi connectivity index (χ4n) is 4.34. The molecule has 1 fully saturated rings. The third kappa shape index (κ3) is 3.77. The summed E-state index contributed by atoms with van der Waals surface area (Å²) < 4.78 is 7.38. The molecule has 1 aliphatic heterocycles. The number of benzene rings is 2. The normalized spacial score (nSPS) is 16.0. The van der Waals surface area contributed by atoms with Gasteiger partial charge in [0.15, 0.2) is 0 Å². The lowest BCUT2D eigenvalue weighted by molar-refractivity contribution is 0.0724. The van der Waals surface area contributed by atoms with Crippen molar-refractivity contribution in [3.63, 3.8) is 0 Å². The van der Waals surface area contributed by atoms with E-state index >= 15 is 0 Å². The Morgan fingerprint density at radius 2 is 1.94 bits per heavy atom. The highest BCUT2D eigenvalue weighted by Gasteiger charge is 2.30. The molecule has 0 aliphatic carbocycles. The first-order valence-corrected chi connectivity index (χ1v) is 10.5. The van der Waals surface area contributed by atoms with Gasteiger partial charge in [-0.15, -0.1) is 0 Å². The van der Waals surface area contributed by atoms with Gasteiger partial charge in [-0.05, 0) is 48.7 Å². The van der Waals surface area contributed by atoms with Crippen LogP contribution in [-0.4, -0.2) is 45.0 Å². The third-order valence-electron chi connectivity index (χ3n) is 5.98. The van der Waals surface area contributed by atoms with Crippen molar-refractivity contribution in [3.05, 3.63) is 78.9 Å². The molecule has 1 unspecified atom stereocenters. The van der Waals surface area contributed by atoms with Crippen LogP contribution in [0.5, 0.6) is 5.75 Å². The van der Waals surface area contributed by atoms with E-state index < -0.39 is 0 Å². The van der Waals surface area contributed by atoms with Crippen molar-refractivity contribution in [3.8, 4) is 16.9 Å². The standard InChI is InChI=1S/C25H24N4O2/c1-31-22-10-8-18(9-11-22)19-13-20(15-26-14-19)25(30)29-12-4-5-21(29)16-28-17-27-23-6-2-3-7-24(23)28/h2-3,6-11,13-15,17,21H,4-5,12,16H2,1H3. The molecule has 1 amide bonds. The van der Waals surface area contributed by atoms with Gasteiger partial charge in [-0.2, -0.15) is 0 Å². The number of para-hydroxylation sites is 2. The molecule has 1 aliphatic rings. The average Bonchev–Trinajstić information content (AvgIpc) is 3.46. The minimum atomic E-state index is 0.0368. The lowest BCUT2D eigenvalue weighted by atomic mass is 10.1. The van der Waals surface area contributed by atoms with E-state index in [0.29, 0.717) is 5.56 Å². The molecule has 3 heterocycles. The molecule has 6 nitrogen and oxygen atoms in total. The largest absolute Gasteiger partial charge is 0.497 e. The van der Waals surface area contributed by atoms with Crippen LogP contribution in [-0.2, 0) is 6.54 Å². The van der Waals surface area contributed by atoms with E-state index in [4.69, 9.17) is 4.74 Å². The maximum absolute atomic E-state index is 13.4. The van der Waals surface area contributed by atoms with Gasteiger partial charge in [0.25, 0.3) is 5.91 Å². The zero-order valence-corrected chi connectivity index (χ0v) is 17.4. The van der Waals surface area contributed by atoms with Crippen molar-refractivity contribution < 1.29 is 9.53 Å². The van der Waals surface area contributed by atoms with Gasteiger partial charge in [0, 0.05) is 31.0 Å². The van der Waals surface area contributed by atoms with Gasteiger partial charge in [0.05, 0.1) is 36.1 Å². The van der Waals surface area contributed by atoms with Crippen LogP contribution in [0.2, 0.25) is 0 Å². The summed E-state index contributed by atoms with van der Waals surface area (Å²) >= 11 is 0. The minimum absolute atomic E-state index is 0.0368. The lowest BCUT2D eigenvalue weighted by Gasteiger charge is -2.25. The Bertz CT molecular complexity index is 1220. The highest BCUT2D eigenvalue weighted by Crippen LogP contribution is 2.26. The molecular weight excluding hydrogens is 388 g/mol. The molecule has 6 heteroatoms. The van der Waals surface area contributed by atoms with Crippen LogP contribution in [0.4, 0.5) is 0 Å². The first-order chi connectivity index (χ1) is 15.2. The Morgan fingerprint density at radius 1 is 1.10 bits per heavy atom. The highest BCUT2D eigenvalue weighted by atomic mass is 16.5. The monoisotopic (exact) mass is 412 g/mol. The van der Waals surface area contributed by atoms with Crippen molar-refractivity contribution in [2.45, 2.75) is 25.4 Å². The number of imidazole rings is 1. The fraction of sp³-hybridized carbons (Fsp3) is 0.240. The van der Waals surface area contributed by atoms with Gasteiger partial charge in [-0.25, -0.2) is 4.98 Å². The van der Waals surface area contributed by atoms with Crippen molar-refractivity contribution in [2.24, 2.45) is 0 Å². The number of carbonyl (C=O) groups is 1. The molecule has 31 heavy (non-hydrogen) atoms. The maximum atomic E-state index is 13.4. The average molecular weight is 412 g/mol. The number of carbonyl (C=O) groups excluding carboxylic acids is 1. The number of aromatic nitrogens is 3. The zero-order valence-electron chi connectivity index (χ0n) is 17.4. The van der Waals surface area contributed by atoms with E-state index in [9.17, 15) is 4.79 Å². The number of nitrogens with zero attached hydrogens (tertiary/aromatic N) is 4. The summed E-state index contributed by atoms with van der Waals surface area (Å²) in [5, 5.41) is 0. The van der Waals surface area contributed by atoms with E-state index in [-0.39, 0.29) is 11.9 Å². The molecular formula is C25H24N4O2. The molecule has 0 radical (unpaired) electrons. The topological polar surface area (TPSA) is 60.2 Å². The Labute approximate surface area is 181 Å². The molecule has 5 rings (SSSR count). The van der Waals surface area contributed by atoms with Crippen molar-refractivity contribution >= 4 is 16.9 Å². The summed E-state index contributed by atoms with van der Waals surface area (Å²) in [6, 6.07) is 18.0. The molecule has 4 aromatic rings. The molecule has 0 spiro atoms. The first-order valence-electron chi connectivity index (χ1n) is 10.5. The first kappa shape index (κ1) is 19.3. The van der Waals surface area contributed by atoms with Crippen LogP contribution in [0.15, 0.2) is 73.3 Å². The van der Waals surface area contributed by atoms with E-state index in [1.165, 1.54) is 0 Å². The molecule has 0 bridgehead atoms. The molecule has 2 aromatic carbocycles. The number of methoxy groups -OCH3 is 1. The van der Waals surface area contributed by atoms with Crippen molar-refractivity contribution in [1.82, 2.24) is 19.4 Å². The molecule has 156 valence electrons. The Balaban J connectivity index is 1.37. The summed E-state index contributed by atoms with van der Waals surface area (Å²) in [5.74, 6) is 0.839. The maximum Gasteiger partial charge on any atom is 0.255 e. The second-order valence-corrected chi connectivity index (χ2v) is 7.87. The number of hydrogen-bond donors (Lipinski definition) is 0. The SMILES string of the molecule is COc1ccc(-c2cncc(C(=O)N3CCCC3Cn3cnc4ccccc43)c2)cc1. The van der Waals surface area contributed by atoms with Crippen molar-refractivity contribution in [1.29, 1.82) is 0 Å². The van der Waals surface area contributed by atoms with Gasteiger partial charge in [0.1, 0.15) is 5.75 Å². The number of fused-ring (bicyclic) bond motifs is 1. The molecule has 2 aromatic heterocycles. The van der Waals surface area contributed by atoms with Crippen LogP contribution in [0.25, 0.3) is 22.2 Å². The predicted octanol–water partition coefficient (Wildman–Crippen LogP) is 4.41. The minimum Gasteiger partial charge on any atom is -0.497 e. The fourth-order valence-corrected chi connectivity index (χ4v) is 4.34.